The maximum Gasteiger partial charge on any atom is 0.341 e. The van der Waals surface area contributed by atoms with Crippen LogP contribution in [0.5, 0.6) is 0 Å². The van der Waals surface area contributed by atoms with Crippen molar-refractivity contribution in [1.29, 1.82) is 0 Å². The minimum Gasteiger partial charge on any atom is -0.378 e. The molecule has 0 amide bonds. The Bertz CT molecular complexity index is 576. The number of anilines is 1. The topological polar surface area (TPSA) is 81.4 Å². The third-order valence-corrected chi connectivity index (χ3v) is 4.90. The van der Waals surface area contributed by atoms with E-state index in [0.29, 0.717) is 12.3 Å². The first-order valence-corrected chi connectivity index (χ1v) is 8.16. The summed E-state index contributed by atoms with van der Waals surface area (Å²) < 4.78 is 53.0. The number of halogens is 2. The minimum absolute atomic E-state index is 0.00877. The summed E-state index contributed by atoms with van der Waals surface area (Å²) >= 11 is 0. The van der Waals surface area contributed by atoms with Crippen LogP contribution in [0.15, 0.2) is 29.2 Å². The van der Waals surface area contributed by atoms with Crippen LogP contribution < -0.4 is 11.1 Å². The molecule has 0 bridgehead atoms. The van der Waals surface area contributed by atoms with E-state index in [0.717, 1.165) is 18.6 Å². The molecule has 0 aromatic heterocycles. The fraction of sp³-hybridized carbons (Fsp3) is 0.538. The van der Waals surface area contributed by atoms with Crippen molar-refractivity contribution in [3.05, 3.63) is 24.3 Å². The standard InChI is InChI=1S/C13H18F2N2O3S/c1-2-20-11-7-10(16)12(11)17-8-3-5-9(6-4-8)21(18,19)13(14)15/h3-6,10-13,17H,2,7,16H2,1H3. The predicted molar refractivity (Wildman–Crippen MR) is 75.0 cm³/mol. The van der Waals surface area contributed by atoms with Crippen LogP contribution in [0, 0.1) is 0 Å². The Morgan fingerprint density at radius 1 is 1.38 bits per heavy atom. The SMILES string of the molecule is CCOC1CC(N)C1Nc1ccc(S(=O)(=O)C(F)F)cc1. The molecule has 0 aliphatic heterocycles. The average Bonchev–Trinajstić information content (AvgIpc) is 2.45. The Morgan fingerprint density at radius 3 is 2.48 bits per heavy atom. The van der Waals surface area contributed by atoms with Crippen LogP contribution in [0.2, 0.25) is 0 Å². The molecule has 0 spiro atoms. The van der Waals surface area contributed by atoms with E-state index in [1.807, 2.05) is 6.92 Å². The van der Waals surface area contributed by atoms with E-state index in [1.165, 1.54) is 12.1 Å². The maximum absolute atomic E-state index is 12.4. The molecule has 5 nitrogen and oxygen atoms in total. The van der Waals surface area contributed by atoms with E-state index in [-0.39, 0.29) is 18.2 Å². The molecule has 3 unspecified atom stereocenters. The van der Waals surface area contributed by atoms with Gasteiger partial charge in [-0.2, -0.15) is 8.78 Å². The third-order valence-electron chi connectivity index (χ3n) is 3.50. The lowest BCUT2D eigenvalue weighted by molar-refractivity contribution is -0.0126. The molecule has 1 saturated carbocycles. The van der Waals surface area contributed by atoms with Gasteiger partial charge in [0, 0.05) is 18.3 Å². The molecule has 1 aliphatic rings. The monoisotopic (exact) mass is 320 g/mol. The highest BCUT2D eigenvalue weighted by atomic mass is 32.2. The van der Waals surface area contributed by atoms with Gasteiger partial charge < -0.3 is 15.8 Å². The van der Waals surface area contributed by atoms with Crippen molar-refractivity contribution in [1.82, 2.24) is 0 Å². The number of nitrogens with one attached hydrogen (secondary N) is 1. The number of rotatable bonds is 6. The van der Waals surface area contributed by atoms with Crippen molar-refractivity contribution >= 4 is 15.5 Å². The molecule has 1 aromatic carbocycles. The van der Waals surface area contributed by atoms with Gasteiger partial charge in [0.1, 0.15) is 0 Å². The second-order valence-electron chi connectivity index (χ2n) is 4.89. The molecule has 1 fully saturated rings. The van der Waals surface area contributed by atoms with E-state index in [9.17, 15) is 17.2 Å². The maximum atomic E-state index is 12.4. The molecule has 3 atom stereocenters. The molecule has 1 aromatic rings. The first kappa shape index (κ1) is 16.1. The van der Waals surface area contributed by atoms with Gasteiger partial charge in [-0.05, 0) is 37.6 Å². The van der Waals surface area contributed by atoms with Gasteiger partial charge in [-0.15, -0.1) is 0 Å². The zero-order valence-electron chi connectivity index (χ0n) is 11.5. The summed E-state index contributed by atoms with van der Waals surface area (Å²) in [4.78, 5) is -0.401. The van der Waals surface area contributed by atoms with Crippen LogP contribution in [0.3, 0.4) is 0 Å². The predicted octanol–water partition coefficient (Wildman–Crippen LogP) is 1.60. The molecule has 21 heavy (non-hydrogen) atoms. The fourth-order valence-electron chi connectivity index (χ4n) is 2.26. The molecule has 2 rings (SSSR count). The molecule has 3 N–H and O–H groups in total. The highest BCUT2D eigenvalue weighted by molar-refractivity contribution is 7.91. The summed E-state index contributed by atoms with van der Waals surface area (Å²) in [7, 11) is -4.55. The molecule has 8 heteroatoms. The third kappa shape index (κ3) is 3.33. The van der Waals surface area contributed by atoms with Crippen LogP contribution in [0.4, 0.5) is 14.5 Å². The normalized spacial score (nSPS) is 25.7. The Labute approximate surface area is 122 Å². The van der Waals surface area contributed by atoms with Gasteiger partial charge in [-0.1, -0.05) is 0 Å². The zero-order chi connectivity index (χ0) is 15.6. The number of benzene rings is 1. The fourth-order valence-corrected chi connectivity index (χ4v) is 2.98. The zero-order valence-corrected chi connectivity index (χ0v) is 12.3. The Kier molecular flexibility index (Phi) is 4.80. The van der Waals surface area contributed by atoms with Crippen LogP contribution in [0.1, 0.15) is 13.3 Å². The Balaban J connectivity index is 2.06. The molecule has 0 heterocycles. The van der Waals surface area contributed by atoms with E-state index >= 15 is 0 Å². The van der Waals surface area contributed by atoms with Crippen molar-refractivity contribution < 1.29 is 21.9 Å². The van der Waals surface area contributed by atoms with E-state index in [1.54, 1.807) is 0 Å². The van der Waals surface area contributed by atoms with Gasteiger partial charge in [0.25, 0.3) is 0 Å². The Hall–Kier alpha value is -1.25. The summed E-state index contributed by atoms with van der Waals surface area (Å²) in [6, 6.07) is 5.09. The van der Waals surface area contributed by atoms with Crippen LogP contribution in [0.25, 0.3) is 0 Å². The van der Waals surface area contributed by atoms with Crippen molar-refractivity contribution in [3.8, 4) is 0 Å². The van der Waals surface area contributed by atoms with Crippen LogP contribution >= 0.6 is 0 Å². The first-order valence-electron chi connectivity index (χ1n) is 6.62. The summed E-state index contributed by atoms with van der Waals surface area (Å²) in [5.74, 6) is -3.42. The molecule has 1 aliphatic carbocycles. The lowest BCUT2D eigenvalue weighted by atomic mass is 9.83. The lowest BCUT2D eigenvalue weighted by Gasteiger charge is -2.43. The van der Waals surface area contributed by atoms with Gasteiger partial charge >= 0.3 is 5.76 Å². The second-order valence-corrected chi connectivity index (χ2v) is 6.81. The number of hydrogen-bond acceptors (Lipinski definition) is 5. The molecule has 0 saturated heterocycles. The van der Waals surface area contributed by atoms with Gasteiger partial charge in [-0.25, -0.2) is 8.42 Å². The van der Waals surface area contributed by atoms with Gasteiger partial charge in [-0.3, -0.25) is 0 Å². The summed E-state index contributed by atoms with van der Waals surface area (Å²) in [5, 5.41) is 3.14. The van der Waals surface area contributed by atoms with Crippen molar-refractivity contribution in [3.63, 3.8) is 0 Å². The van der Waals surface area contributed by atoms with Crippen molar-refractivity contribution in [2.75, 3.05) is 11.9 Å². The largest absolute Gasteiger partial charge is 0.378 e. The Morgan fingerprint density at radius 2 is 2.00 bits per heavy atom. The summed E-state index contributed by atoms with van der Waals surface area (Å²) in [5.41, 5.74) is 6.51. The first-order chi connectivity index (χ1) is 9.86. The van der Waals surface area contributed by atoms with Gasteiger partial charge in [0.2, 0.25) is 9.84 Å². The number of alkyl halides is 2. The highest BCUT2D eigenvalue weighted by Gasteiger charge is 2.39. The number of sulfone groups is 1. The van der Waals surface area contributed by atoms with Crippen LogP contribution in [-0.4, -0.2) is 39.0 Å². The van der Waals surface area contributed by atoms with Gasteiger partial charge in [0.15, 0.2) is 0 Å². The van der Waals surface area contributed by atoms with Crippen LogP contribution in [-0.2, 0) is 14.6 Å². The quantitative estimate of drug-likeness (QED) is 0.832. The van der Waals surface area contributed by atoms with E-state index < -0.39 is 20.5 Å². The van der Waals surface area contributed by atoms with E-state index in [2.05, 4.69) is 5.32 Å². The molecule has 118 valence electrons. The molecule has 0 radical (unpaired) electrons. The molecular weight excluding hydrogens is 302 g/mol. The average molecular weight is 320 g/mol. The lowest BCUT2D eigenvalue weighted by Crippen LogP contribution is -2.60. The summed E-state index contributed by atoms with van der Waals surface area (Å²) in [6.45, 7) is 2.48. The van der Waals surface area contributed by atoms with Gasteiger partial charge in [0.05, 0.1) is 17.0 Å². The molecular formula is C13H18F2N2O3S. The summed E-state index contributed by atoms with van der Waals surface area (Å²) in [6.07, 6.45) is 0.762. The minimum atomic E-state index is -4.55. The highest BCUT2D eigenvalue weighted by Crippen LogP contribution is 2.27. The smallest absolute Gasteiger partial charge is 0.341 e. The second kappa shape index (κ2) is 6.25. The number of ether oxygens (including phenoxy) is 1. The number of hydrogen-bond donors (Lipinski definition) is 2. The number of nitrogens with two attached hydrogens (primary N) is 1. The van der Waals surface area contributed by atoms with E-state index in [4.69, 9.17) is 10.5 Å². The van der Waals surface area contributed by atoms with Crippen molar-refractivity contribution in [2.45, 2.75) is 42.2 Å². The van der Waals surface area contributed by atoms with Crippen molar-refractivity contribution in [2.24, 2.45) is 5.73 Å².